The Morgan fingerprint density at radius 2 is 2.00 bits per heavy atom. The number of rotatable bonds is 0. The fourth-order valence-electron chi connectivity index (χ4n) is 1.58. The zero-order valence-electron chi connectivity index (χ0n) is 8.22. The Bertz CT molecular complexity index is 555. The Kier molecular flexibility index (Phi) is 1.81. The minimum atomic E-state index is -0.209. The topological polar surface area (TPSA) is 58.9 Å². The number of nitrogens with one attached hydrogen (secondary N) is 1. The van der Waals surface area contributed by atoms with Crippen molar-refractivity contribution in [2.45, 2.75) is 13.8 Å². The van der Waals surface area contributed by atoms with Crippen molar-refractivity contribution in [3.63, 3.8) is 0 Å². The number of pyridine rings is 1. The van der Waals surface area contributed by atoms with Gasteiger partial charge in [-0.2, -0.15) is 0 Å². The average molecular weight is 188 g/mol. The lowest BCUT2D eigenvalue weighted by atomic mass is 10.1. The highest BCUT2D eigenvalue weighted by Crippen LogP contribution is 2.19. The lowest BCUT2D eigenvalue weighted by molar-refractivity contribution is 1.28. The number of nitrogens with two attached hydrogens (primary N) is 1. The monoisotopic (exact) mass is 188 g/mol. The number of hydrogen-bond donors (Lipinski definition) is 2. The van der Waals surface area contributed by atoms with E-state index in [1.165, 1.54) is 0 Å². The second-order valence-corrected chi connectivity index (χ2v) is 3.54. The molecule has 0 spiro atoms. The molecule has 3 nitrogen and oxygen atoms in total. The van der Waals surface area contributed by atoms with E-state index in [0.29, 0.717) is 5.69 Å². The van der Waals surface area contributed by atoms with Crippen LogP contribution in [0.4, 0.5) is 5.69 Å². The molecule has 72 valence electrons. The summed E-state index contributed by atoms with van der Waals surface area (Å²) in [6.45, 7) is 3.88. The van der Waals surface area contributed by atoms with Gasteiger partial charge in [0.1, 0.15) is 5.69 Å². The van der Waals surface area contributed by atoms with Crippen LogP contribution >= 0.6 is 0 Å². The summed E-state index contributed by atoms with van der Waals surface area (Å²) < 4.78 is 0. The van der Waals surface area contributed by atoms with Crippen molar-refractivity contribution in [1.29, 1.82) is 0 Å². The fraction of sp³-hybridized carbons (Fsp3) is 0.182. The van der Waals surface area contributed by atoms with Gasteiger partial charge in [-0.15, -0.1) is 0 Å². The third kappa shape index (κ3) is 1.18. The lowest BCUT2D eigenvalue weighted by Gasteiger charge is -2.05. The Labute approximate surface area is 81.6 Å². The summed E-state index contributed by atoms with van der Waals surface area (Å²) in [5.74, 6) is 0. The molecule has 0 saturated carbocycles. The Hall–Kier alpha value is -1.77. The first-order valence-electron chi connectivity index (χ1n) is 4.48. The van der Waals surface area contributed by atoms with Crippen molar-refractivity contribution in [3.05, 3.63) is 39.7 Å². The molecule has 0 fully saturated rings. The molecule has 0 radical (unpaired) electrons. The predicted octanol–water partition coefficient (Wildman–Crippen LogP) is 1.73. The molecule has 1 aromatic carbocycles. The number of aryl methyl sites for hydroxylation is 2. The Balaban J connectivity index is 2.99. The molecule has 2 rings (SSSR count). The van der Waals surface area contributed by atoms with Crippen LogP contribution < -0.4 is 11.3 Å². The van der Waals surface area contributed by atoms with E-state index in [2.05, 4.69) is 4.98 Å². The van der Waals surface area contributed by atoms with Crippen LogP contribution in [0.2, 0.25) is 0 Å². The molecule has 0 aliphatic carbocycles. The lowest BCUT2D eigenvalue weighted by Crippen LogP contribution is -2.13. The van der Waals surface area contributed by atoms with Crippen molar-refractivity contribution < 1.29 is 0 Å². The van der Waals surface area contributed by atoms with Crippen LogP contribution in [0, 0.1) is 13.8 Å². The van der Waals surface area contributed by atoms with E-state index >= 15 is 0 Å². The van der Waals surface area contributed by atoms with Crippen LogP contribution in [0.3, 0.4) is 0 Å². The Morgan fingerprint density at radius 1 is 1.29 bits per heavy atom. The molecule has 0 bridgehead atoms. The summed E-state index contributed by atoms with van der Waals surface area (Å²) in [5, 5.41) is 1.02. The maximum Gasteiger partial charge on any atom is 0.271 e. The fourth-order valence-corrected chi connectivity index (χ4v) is 1.58. The van der Waals surface area contributed by atoms with Gasteiger partial charge in [0.25, 0.3) is 5.56 Å². The smallest absolute Gasteiger partial charge is 0.271 e. The van der Waals surface area contributed by atoms with E-state index < -0.39 is 0 Å². The van der Waals surface area contributed by atoms with Crippen molar-refractivity contribution in [2.24, 2.45) is 0 Å². The van der Waals surface area contributed by atoms with Gasteiger partial charge in [0, 0.05) is 10.9 Å². The summed E-state index contributed by atoms with van der Waals surface area (Å²) in [5.41, 5.74) is 8.61. The minimum Gasteiger partial charge on any atom is -0.394 e. The van der Waals surface area contributed by atoms with E-state index in [0.717, 1.165) is 22.0 Å². The van der Waals surface area contributed by atoms with Gasteiger partial charge in [-0.05, 0) is 31.5 Å². The van der Waals surface area contributed by atoms with Gasteiger partial charge in [0.2, 0.25) is 0 Å². The molecule has 2 aromatic rings. The van der Waals surface area contributed by atoms with Crippen LogP contribution in [0.25, 0.3) is 10.9 Å². The number of anilines is 1. The van der Waals surface area contributed by atoms with Crippen molar-refractivity contribution in [1.82, 2.24) is 4.98 Å². The standard InChI is InChI=1S/C11H12N2O/c1-6-3-4-9-8(5-6)7(2)10(12)11(14)13-9/h3-5H,12H2,1-2H3,(H,13,14). The van der Waals surface area contributed by atoms with Crippen molar-refractivity contribution >= 4 is 16.6 Å². The predicted molar refractivity (Wildman–Crippen MR) is 58.5 cm³/mol. The zero-order chi connectivity index (χ0) is 10.3. The second-order valence-electron chi connectivity index (χ2n) is 3.54. The molecule has 3 heteroatoms. The van der Waals surface area contributed by atoms with E-state index in [9.17, 15) is 4.79 Å². The van der Waals surface area contributed by atoms with E-state index in [4.69, 9.17) is 5.73 Å². The van der Waals surface area contributed by atoms with Crippen LogP contribution in [0.5, 0.6) is 0 Å². The third-order valence-electron chi connectivity index (χ3n) is 2.48. The molecule has 0 atom stereocenters. The van der Waals surface area contributed by atoms with Crippen LogP contribution in [0.1, 0.15) is 11.1 Å². The number of fused-ring (bicyclic) bond motifs is 1. The van der Waals surface area contributed by atoms with Gasteiger partial charge in [-0.1, -0.05) is 11.6 Å². The van der Waals surface area contributed by atoms with Crippen LogP contribution in [-0.2, 0) is 0 Å². The summed E-state index contributed by atoms with van der Waals surface area (Å²) in [6.07, 6.45) is 0. The molecule has 14 heavy (non-hydrogen) atoms. The van der Waals surface area contributed by atoms with Gasteiger partial charge < -0.3 is 10.7 Å². The van der Waals surface area contributed by atoms with Gasteiger partial charge in [0.05, 0.1) is 0 Å². The van der Waals surface area contributed by atoms with E-state index in [1.54, 1.807) is 0 Å². The zero-order valence-corrected chi connectivity index (χ0v) is 8.22. The van der Waals surface area contributed by atoms with Crippen molar-refractivity contribution in [3.8, 4) is 0 Å². The highest BCUT2D eigenvalue weighted by molar-refractivity contribution is 5.86. The number of aromatic nitrogens is 1. The quantitative estimate of drug-likeness (QED) is 0.661. The van der Waals surface area contributed by atoms with Gasteiger partial charge in [-0.25, -0.2) is 0 Å². The van der Waals surface area contributed by atoms with Crippen LogP contribution in [-0.4, -0.2) is 4.98 Å². The van der Waals surface area contributed by atoms with Gasteiger partial charge >= 0.3 is 0 Å². The first-order chi connectivity index (χ1) is 6.59. The van der Waals surface area contributed by atoms with Gasteiger partial charge in [-0.3, -0.25) is 4.79 Å². The maximum atomic E-state index is 11.4. The molecular formula is C11H12N2O. The number of aromatic amines is 1. The highest BCUT2D eigenvalue weighted by atomic mass is 16.1. The summed E-state index contributed by atoms with van der Waals surface area (Å²) in [4.78, 5) is 14.1. The SMILES string of the molecule is Cc1ccc2[nH]c(=O)c(N)c(C)c2c1. The first kappa shape index (κ1) is 8.81. The molecule has 0 amide bonds. The molecule has 1 aromatic heterocycles. The summed E-state index contributed by atoms with van der Waals surface area (Å²) >= 11 is 0. The molecule has 0 unspecified atom stereocenters. The summed E-state index contributed by atoms with van der Waals surface area (Å²) in [7, 11) is 0. The van der Waals surface area contributed by atoms with Crippen LogP contribution in [0.15, 0.2) is 23.0 Å². The molecular weight excluding hydrogens is 176 g/mol. The highest BCUT2D eigenvalue weighted by Gasteiger charge is 2.04. The Morgan fingerprint density at radius 3 is 2.71 bits per heavy atom. The van der Waals surface area contributed by atoms with E-state index in [-0.39, 0.29) is 5.56 Å². The van der Waals surface area contributed by atoms with E-state index in [1.807, 2.05) is 32.0 Å². The third-order valence-corrected chi connectivity index (χ3v) is 2.48. The number of nitrogen functional groups attached to an aromatic ring is 1. The summed E-state index contributed by atoms with van der Waals surface area (Å²) in [6, 6.07) is 5.89. The normalized spacial score (nSPS) is 10.7. The average Bonchev–Trinajstić information content (AvgIpc) is 2.16. The largest absolute Gasteiger partial charge is 0.394 e. The van der Waals surface area contributed by atoms with Crippen molar-refractivity contribution in [2.75, 3.05) is 5.73 Å². The molecule has 3 N–H and O–H groups in total. The maximum absolute atomic E-state index is 11.4. The first-order valence-corrected chi connectivity index (χ1v) is 4.48. The molecule has 0 saturated heterocycles. The number of benzene rings is 1. The molecule has 0 aliphatic heterocycles. The number of H-pyrrole nitrogens is 1. The second kappa shape index (κ2) is 2.87. The number of hydrogen-bond acceptors (Lipinski definition) is 2. The molecule has 0 aliphatic rings. The van der Waals surface area contributed by atoms with Gasteiger partial charge in [0.15, 0.2) is 0 Å². The molecule has 1 heterocycles. The minimum absolute atomic E-state index is 0.209.